The highest BCUT2D eigenvalue weighted by molar-refractivity contribution is 5.96. The Balaban J connectivity index is -0.000000246. The standard InChI is InChI=1S/C17H16F6N4.C12H13NO.C3H8.4C2H6/c1-3-11(2)8-12(10-25-15(26-27-24)17(21,22)23)9-13-6-4-5-7-14(13)16(18,19)20;1-4-11-8(2)5-10(7-13)6-12(11)9(3)14;1-3-2;4*1-2/h3-9H,1,10H2,2H3,(H2,24,25,26);5-6H,4H2,1-3H3;3H2,1-2H3;4*1-2H3/b11-8+,12-9+;;;;;;. The third-order valence-electron chi connectivity index (χ3n) is 5.49. The van der Waals surface area contributed by atoms with Gasteiger partial charge in [0.05, 0.1) is 23.7 Å². The van der Waals surface area contributed by atoms with Crippen LogP contribution in [0.2, 0.25) is 0 Å². The van der Waals surface area contributed by atoms with Gasteiger partial charge >= 0.3 is 12.4 Å². The molecular weight excluding hydrogens is 680 g/mol. The first-order chi connectivity index (χ1) is 24.5. The first kappa shape index (κ1) is 56.8. The molecule has 0 saturated carbocycles. The van der Waals surface area contributed by atoms with Crippen LogP contribution in [0.25, 0.3) is 6.08 Å². The van der Waals surface area contributed by atoms with E-state index in [1.807, 2.05) is 75.3 Å². The Labute approximate surface area is 309 Å². The number of carbonyl (C=O) groups excluding carboxylic acids is 1. The van der Waals surface area contributed by atoms with Gasteiger partial charge in [0.1, 0.15) is 0 Å². The Morgan fingerprint density at radius 2 is 1.42 bits per heavy atom. The Kier molecular flexibility index (Phi) is 36.7. The van der Waals surface area contributed by atoms with E-state index in [0.29, 0.717) is 16.7 Å². The topological polar surface area (TPSA) is 104 Å². The largest absolute Gasteiger partial charge is 0.453 e. The number of hydrogen-bond donors (Lipinski definition) is 1. The van der Waals surface area contributed by atoms with Crippen LogP contribution in [0.3, 0.4) is 0 Å². The molecule has 6 nitrogen and oxygen atoms in total. The number of nitriles is 1. The van der Waals surface area contributed by atoms with Crippen LogP contribution in [0, 0.1) is 18.3 Å². The summed E-state index contributed by atoms with van der Waals surface area (Å²) in [7, 11) is 0. The summed E-state index contributed by atoms with van der Waals surface area (Å²) in [5.41, 5.74) is 2.79. The summed E-state index contributed by atoms with van der Waals surface area (Å²) >= 11 is 0. The first-order valence-electron chi connectivity index (χ1n) is 17.4. The Morgan fingerprint density at radius 1 is 0.923 bits per heavy atom. The van der Waals surface area contributed by atoms with Gasteiger partial charge in [-0.2, -0.15) is 31.6 Å². The molecule has 0 bridgehead atoms. The molecule has 0 aliphatic rings. The van der Waals surface area contributed by atoms with Gasteiger partial charge in [0.2, 0.25) is 0 Å². The van der Waals surface area contributed by atoms with Crippen molar-refractivity contribution in [3.05, 3.63) is 99.7 Å². The van der Waals surface area contributed by atoms with Crippen molar-refractivity contribution in [1.82, 2.24) is 0 Å². The summed E-state index contributed by atoms with van der Waals surface area (Å²) < 4.78 is 77.7. The molecule has 0 heterocycles. The van der Waals surface area contributed by atoms with Gasteiger partial charge in [-0.05, 0) is 73.7 Å². The molecule has 0 atom stereocenters. The molecule has 0 saturated heterocycles. The number of Topliss-reactive ketones (excluding diaryl/α,β-unsaturated/α-hetero) is 1. The molecule has 0 unspecified atom stereocenters. The second-order valence-corrected chi connectivity index (χ2v) is 9.30. The predicted octanol–water partition coefficient (Wildman–Crippen LogP) is 13.7. The molecular formula is C40H61F6N5O. The highest BCUT2D eigenvalue weighted by atomic mass is 19.4. The predicted molar refractivity (Wildman–Crippen MR) is 207 cm³/mol. The van der Waals surface area contributed by atoms with E-state index < -0.39 is 30.3 Å². The first-order valence-corrected chi connectivity index (χ1v) is 17.4. The zero-order valence-electron chi connectivity index (χ0n) is 33.6. The van der Waals surface area contributed by atoms with Crippen molar-refractivity contribution in [2.24, 2.45) is 21.2 Å². The summed E-state index contributed by atoms with van der Waals surface area (Å²) in [5.74, 6) is 3.08. The quantitative estimate of drug-likeness (QED) is 0.0446. The molecule has 294 valence electrons. The van der Waals surface area contributed by atoms with Gasteiger partial charge in [-0.3, -0.25) is 9.79 Å². The number of halogens is 6. The maximum absolute atomic E-state index is 13.1. The van der Waals surface area contributed by atoms with Crippen LogP contribution in [0.4, 0.5) is 26.3 Å². The number of nitrogens with zero attached hydrogens (tertiary/aromatic N) is 4. The number of ketones is 1. The van der Waals surface area contributed by atoms with Crippen LogP contribution in [-0.4, -0.2) is 24.3 Å². The van der Waals surface area contributed by atoms with Gasteiger partial charge in [-0.25, -0.2) is 0 Å². The molecule has 2 N–H and O–H groups in total. The fourth-order valence-corrected chi connectivity index (χ4v) is 3.63. The van der Waals surface area contributed by atoms with Crippen LogP contribution < -0.4 is 5.84 Å². The van der Waals surface area contributed by atoms with Crippen molar-refractivity contribution in [3.63, 3.8) is 0 Å². The van der Waals surface area contributed by atoms with Crippen molar-refractivity contribution in [1.29, 1.82) is 5.26 Å². The Hall–Kier alpha value is -4.53. The SMILES string of the molecule is C=C/C(C)=C/C(=C\c1ccccc1C(F)(F)F)CN=C(N=NN)C(F)(F)F.CC.CC.CC.CC.CCC.CCc1c(C)cc(C#N)cc1C(C)=O. The molecule has 0 aliphatic heterocycles. The van der Waals surface area contributed by atoms with Crippen molar-refractivity contribution in [2.75, 3.05) is 6.54 Å². The lowest BCUT2D eigenvalue weighted by molar-refractivity contribution is -0.137. The minimum atomic E-state index is -4.91. The molecule has 2 aromatic carbocycles. The number of nitrogens with two attached hydrogens (primary N) is 1. The van der Waals surface area contributed by atoms with Gasteiger partial charge in [-0.1, -0.05) is 130 Å². The van der Waals surface area contributed by atoms with Crippen LogP contribution in [0.5, 0.6) is 0 Å². The maximum Gasteiger partial charge on any atom is 0.453 e. The third kappa shape index (κ3) is 24.6. The second-order valence-electron chi connectivity index (χ2n) is 9.30. The van der Waals surface area contributed by atoms with Gasteiger partial charge < -0.3 is 5.84 Å². The van der Waals surface area contributed by atoms with E-state index in [9.17, 15) is 31.1 Å². The molecule has 0 aliphatic carbocycles. The van der Waals surface area contributed by atoms with E-state index in [2.05, 4.69) is 47.7 Å². The van der Waals surface area contributed by atoms with E-state index >= 15 is 0 Å². The monoisotopic (exact) mass is 741 g/mol. The molecule has 0 aromatic heterocycles. The van der Waals surface area contributed by atoms with Crippen LogP contribution >= 0.6 is 0 Å². The van der Waals surface area contributed by atoms with E-state index in [4.69, 9.17) is 5.26 Å². The molecule has 0 spiro atoms. The van der Waals surface area contributed by atoms with Crippen molar-refractivity contribution in [3.8, 4) is 6.07 Å². The lowest BCUT2D eigenvalue weighted by atomic mass is 9.95. The van der Waals surface area contributed by atoms with Gasteiger partial charge in [0.15, 0.2) is 5.78 Å². The summed E-state index contributed by atoms with van der Waals surface area (Å²) in [4.78, 5) is 14.6. The smallest absolute Gasteiger partial charge is 0.305 e. The average Bonchev–Trinajstić information content (AvgIpc) is 3.12. The number of rotatable bonds is 7. The van der Waals surface area contributed by atoms with Gasteiger partial charge in [-0.15, -0.1) is 5.11 Å². The minimum Gasteiger partial charge on any atom is -0.305 e. The Morgan fingerprint density at radius 3 is 1.81 bits per heavy atom. The minimum absolute atomic E-state index is 0.0297. The molecule has 52 heavy (non-hydrogen) atoms. The number of alkyl halides is 6. The number of aliphatic imine (C=N–C) groups is 1. The summed E-state index contributed by atoms with van der Waals surface area (Å²) in [6.45, 7) is 30.2. The molecule has 0 amide bonds. The fraction of sp³-hybridized carbons (Fsp3) is 0.475. The number of allylic oxidation sites excluding steroid dienone is 2. The van der Waals surface area contributed by atoms with Crippen LogP contribution in [0.1, 0.15) is 135 Å². The lowest BCUT2D eigenvalue weighted by Crippen LogP contribution is -2.21. The van der Waals surface area contributed by atoms with Crippen molar-refractivity contribution >= 4 is 17.7 Å². The third-order valence-corrected chi connectivity index (χ3v) is 5.49. The Bertz CT molecular complexity index is 1430. The van der Waals surface area contributed by atoms with E-state index in [0.717, 1.165) is 29.7 Å². The molecule has 12 heteroatoms. The van der Waals surface area contributed by atoms with Crippen LogP contribution in [0.15, 0.2) is 81.6 Å². The fourth-order valence-electron chi connectivity index (χ4n) is 3.63. The van der Waals surface area contributed by atoms with E-state index in [1.54, 1.807) is 13.0 Å². The average molecular weight is 742 g/mol. The van der Waals surface area contributed by atoms with Crippen molar-refractivity contribution < 1.29 is 31.1 Å². The lowest BCUT2D eigenvalue weighted by Gasteiger charge is -2.11. The highest BCUT2D eigenvalue weighted by Crippen LogP contribution is 2.33. The second kappa shape index (κ2) is 33.6. The maximum atomic E-state index is 13.1. The van der Waals surface area contributed by atoms with Gasteiger partial charge in [0.25, 0.3) is 5.84 Å². The zero-order valence-corrected chi connectivity index (χ0v) is 33.6. The normalized spacial score (nSPS) is 11.0. The molecule has 0 fully saturated rings. The number of hydrogen-bond acceptors (Lipinski definition) is 4. The molecule has 2 rings (SSSR count). The summed E-state index contributed by atoms with van der Waals surface area (Å²) in [5, 5.41) is 14.0. The van der Waals surface area contributed by atoms with E-state index in [-0.39, 0.29) is 16.9 Å². The summed E-state index contributed by atoms with van der Waals surface area (Å²) in [6, 6.07) is 10.2. The van der Waals surface area contributed by atoms with E-state index in [1.165, 1.54) is 43.7 Å². The summed E-state index contributed by atoms with van der Waals surface area (Å²) in [6.07, 6.45) is -3.58. The number of carbonyl (C=O) groups is 1. The van der Waals surface area contributed by atoms with Crippen LogP contribution in [-0.2, 0) is 12.6 Å². The number of aryl methyl sites for hydroxylation is 1. The highest BCUT2D eigenvalue weighted by Gasteiger charge is 2.36. The van der Waals surface area contributed by atoms with Gasteiger partial charge in [0, 0.05) is 5.56 Å². The number of benzene rings is 2. The molecule has 2 aromatic rings. The number of amidine groups is 1. The van der Waals surface area contributed by atoms with Crippen molar-refractivity contribution in [2.45, 2.75) is 122 Å². The zero-order chi connectivity index (χ0) is 42.1. The molecule has 0 radical (unpaired) electrons.